The van der Waals surface area contributed by atoms with Crippen LogP contribution in [0.2, 0.25) is 0 Å². The Hall–Kier alpha value is -2.69. The minimum atomic E-state index is -0.818. The first kappa shape index (κ1) is 20.6. The molecule has 5 nitrogen and oxygen atoms in total. The van der Waals surface area contributed by atoms with E-state index in [1.165, 1.54) is 0 Å². The van der Waals surface area contributed by atoms with Gasteiger partial charge in [0.25, 0.3) is 0 Å². The largest absolute Gasteiger partial charge is 0.493 e. The predicted molar refractivity (Wildman–Crippen MR) is 105 cm³/mol. The molecule has 2 aromatic carbocycles. The third-order valence-corrected chi connectivity index (χ3v) is 4.15. The Morgan fingerprint density at radius 1 is 0.963 bits per heavy atom. The molecule has 0 unspecified atom stereocenters. The van der Waals surface area contributed by atoms with Crippen molar-refractivity contribution < 1.29 is 24.1 Å². The first-order chi connectivity index (χ1) is 12.8. The highest BCUT2D eigenvalue weighted by Gasteiger charge is 2.18. The third kappa shape index (κ3) is 6.20. The molecule has 0 radical (unpaired) electrons. The van der Waals surface area contributed by atoms with Gasteiger partial charge in [-0.15, -0.1) is 0 Å². The minimum Gasteiger partial charge on any atom is -0.493 e. The first-order valence-corrected chi connectivity index (χ1v) is 9.05. The average Bonchev–Trinajstić information content (AvgIpc) is 2.63. The Labute approximate surface area is 160 Å². The van der Waals surface area contributed by atoms with E-state index in [-0.39, 0.29) is 11.8 Å². The lowest BCUT2D eigenvalue weighted by Crippen LogP contribution is -2.16. The van der Waals surface area contributed by atoms with Crippen molar-refractivity contribution in [3.8, 4) is 17.2 Å². The van der Waals surface area contributed by atoms with Crippen molar-refractivity contribution >= 4 is 5.97 Å². The number of rotatable bonds is 9. The minimum absolute atomic E-state index is 0.00640. The topological polar surface area (TPSA) is 65.0 Å². The smallest absolute Gasteiger partial charge is 0.303 e. The molecule has 0 aliphatic heterocycles. The highest BCUT2D eigenvalue weighted by molar-refractivity contribution is 5.67. The molecular weight excluding hydrogens is 344 g/mol. The van der Waals surface area contributed by atoms with Crippen molar-refractivity contribution in [3.05, 3.63) is 53.6 Å². The van der Waals surface area contributed by atoms with Crippen LogP contribution < -0.4 is 14.2 Å². The molecule has 0 atom stereocenters. The Balaban J connectivity index is 1.93. The van der Waals surface area contributed by atoms with Crippen LogP contribution in [0, 0.1) is 0 Å². The molecule has 2 rings (SSSR count). The number of hydrogen-bond donors (Lipinski definition) is 1. The quantitative estimate of drug-likeness (QED) is 0.658. The summed E-state index contributed by atoms with van der Waals surface area (Å²) in [5, 5.41) is 8.79. The van der Waals surface area contributed by atoms with E-state index in [2.05, 4.69) is 26.8 Å². The molecule has 5 heteroatoms. The van der Waals surface area contributed by atoms with Gasteiger partial charge in [-0.3, -0.25) is 4.79 Å². The van der Waals surface area contributed by atoms with Gasteiger partial charge in [0.1, 0.15) is 19.0 Å². The maximum atomic E-state index is 10.7. The maximum Gasteiger partial charge on any atom is 0.303 e. The number of aryl methyl sites for hydroxylation is 1. The summed E-state index contributed by atoms with van der Waals surface area (Å²) < 4.78 is 17.1. The van der Waals surface area contributed by atoms with Crippen LogP contribution in [0.3, 0.4) is 0 Å². The van der Waals surface area contributed by atoms with E-state index in [1.807, 2.05) is 30.3 Å². The summed E-state index contributed by atoms with van der Waals surface area (Å²) in [6.45, 7) is 7.26. The van der Waals surface area contributed by atoms with Crippen LogP contribution in [-0.4, -0.2) is 31.4 Å². The van der Waals surface area contributed by atoms with Crippen molar-refractivity contribution in [1.82, 2.24) is 0 Å². The number of carboxylic acid groups (broad SMARTS) is 1. The molecule has 27 heavy (non-hydrogen) atoms. The second kappa shape index (κ2) is 9.31. The zero-order chi connectivity index (χ0) is 19.9. The molecule has 0 spiro atoms. The van der Waals surface area contributed by atoms with Gasteiger partial charge in [-0.25, -0.2) is 0 Å². The monoisotopic (exact) mass is 372 g/mol. The van der Waals surface area contributed by atoms with Crippen LogP contribution in [0.5, 0.6) is 17.2 Å². The summed E-state index contributed by atoms with van der Waals surface area (Å²) >= 11 is 0. The van der Waals surface area contributed by atoms with Crippen LogP contribution in [0.15, 0.2) is 42.5 Å². The molecule has 0 fully saturated rings. The zero-order valence-electron chi connectivity index (χ0n) is 16.5. The van der Waals surface area contributed by atoms with Gasteiger partial charge >= 0.3 is 5.97 Å². The van der Waals surface area contributed by atoms with E-state index in [0.29, 0.717) is 31.1 Å². The fourth-order valence-corrected chi connectivity index (χ4v) is 2.75. The van der Waals surface area contributed by atoms with Crippen LogP contribution in [-0.2, 0) is 16.6 Å². The molecular formula is C22H28O5. The molecule has 1 N–H and O–H groups in total. The maximum absolute atomic E-state index is 10.7. The van der Waals surface area contributed by atoms with Crippen LogP contribution in [0.1, 0.15) is 38.3 Å². The van der Waals surface area contributed by atoms with Crippen molar-refractivity contribution in [2.45, 2.75) is 39.0 Å². The number of methoxy groups -OCH3 is 1. The Bertz CT molecular complexity index is 762. The van der Waals surface area contributed by atoms with Gasteiger partial charge in [-0.1, -0.05) is 45.0 Å². The van der Waals surface area contributed by atoms with Crippen molar-refractivity contribution in [3.63, 3.8) is 0 Å². The van der Waals surface area contributed by atoms with Crippen molar-refractivity contribution in [2.75, 3.05) is 20.3 Å². The van der Waals surface area contributed by atoms with Gasteiger partial charge in [0.05, 0.1) is 7.11 Å². The van der Waals surface area contributed by atoms with Crippen LogP contribution in [0.4, 0.5) is 0 Å². The van der Waals surface area contributed by atoms with Crippen LogP contribution in [0.25, 0.3) is 0 Å². The standard InChI is InChI=1S/C22H28O5/c1-22(2,3)17-7-5-6-8-18(17)26-13-14-27-19-11-9-16(10-12-21(23)24)15-20(19)25-4/h5-9,11,15H,10,12-14H2,1-4H3,(H,23,24). The SMILES string of the molecule is COc1cc(CCC(=O)O)ccc1OCCOc1ccccc1C(C)(C)C. The number of hydrogen-bond acceptors (Lipinski definition) is 4. The Morgan fingerprint density at radius 2 is 1.63 bits per heavy atom. The first-order valence-electron chi connectivity index (χ1n) is 9.05. The number of ether oxygens (including phenoxy) is 3. The summed E-state index contributed by atoms with van der Waals surface area (Å²) in [6.07, 6.45) is 0.545. The fraction of sp³-hybridized carbons (Fsp3) is 0.409. The molecule has 0 aliphatic carbocycles. The van der Waals surface area contributed by atoms with Crippen molar-refractivity contribution in [2.24, 2.45) is 0 Å². The number of aliphatic carboxylic acids is 1. The summed E-state index contributed by atoms with van der Waals surface area (Å²) in [5.74, 6) is 1.25. The van der Waals surface area contributed by atoms with Gasteiger partial charge < -0.3 is 19.3 Å². The Kier molecular flexibility index (Phi) is 7.11. The molecule has 0 saturated carbocycles. The van der Waals surface area contributed by atoms with Gasteiger partial charge in [-0.05, 0) is 41.2 Å². The fourth-order valence-electron chi connectivity index (χ4n) is 2.75. The third-order valence-electron chi connectivity index (χ3n) is 4.15. The molecule has 2 aromatic rings. The van der Waals surface area contributed by atoms with E-state index in [9.17, 15) is 4.79 Å². The lowest BCUT2D eigenvalue weighted by atomic mass is 9.86. The molecule has 0 saturated heterocycles. The lowest BCUT2D eigenvalue weighted by Gasteiger charge is -2.22. The van der Waals surface area contributed by atoms with E-state index >= 15 is 0 Å². The van der Waals surface area contributed by atoms with E-state index < -0.39 is 5.97 Å². The second-order valence-electron chi connectivity index (χ2n) is 7.32. The number of para-hydroxylation sites is 1. The Morgan fingerprint density at radius 3 is 2.26 bits per heavy atom. The van der Waals surface area contributed by atoms with Gasteiger partial charge in [0.2, 0.25) is 0 Å². The van der Waals surface area contributed by atoms with Crippen LogP contribution >= 0.6 is 0 Å². The summed E-state index contributed by atoms with van der Waals surface area (Å²) in [6, 6.07) is 13.5. The van der Waals surface area contributed by atoms with E-state index in [0.717, 1.165) is 16.9 Å². The molecule has 146 valence electrons. The highest BCUT2D eigenvalue weighted by Crippen LogP contribution is 2.31. The summed E-state index contributed by atoms with van der Waals surface area (Å²) in [5.41, 5.74) is 2.06. The summed E-state index contributed by atoms with van der Waals surface area (Å²) in [7, 11) is 1.57. The normalized spacial score (nSPS) is 11.1. The molecule has 0 amide bonds. The predicted octanol–water partition coefficient (Wildman–Crippen LogP) is 4.47. The van der Waals surface area contributed by atoms with Gasteiger partial charge in [0, 0.05) is 6.42 Å². The van der Waals surface area contributed by atoms with Crippen molar-refractivity contribution in [1.29, 1.82) is 0 Å². The zero-order valence-corrected chi connectivity index (χ0v) is 16.5. The number of carboxylic acids is 1. The van der Waals surface area contributed by atoms with E-state index in [4.69, 9.17) is 19.3 Å². The highest BCUT2D eigenvalue weighted by atomic mass is 16.5. The summed E-state index contributed by atoms with van der Waals surface area (Å²) in [4.78, 5) is 10.7. The second-order valence-corrected chi connectivity index (χ2v) is 7.32. The molecule has 0 aromatic heterocycles. The lowest BCUT2D eigenvalue weighted by molar-refractivity contribution is -0.136. The van der Waals surface area contributed by atoms with E-state index in [1.54, 1.807) is 13.2 Å². The molecule has 0 aliphatic rings. The van der Waals surface area contributed by atoms with Gasteiger partial charge in [-0.2, -0.15) is 0 Å². The number of carbonyl (C=O) groups is 1. The average molecular weight is 372 g/mol. The molecule has 0 heterocycles. The number of benzene rings is 2. The molecule has 0 bridgehead atoms. The van der Waals surface area contributed by atoms with Gasteiger partial charge in [0.15, 0.2) is 11.5 Å².